The number of methoxy groups -OCH3 is 1. The maximum atomic E-state index is 5.56. The first-order chi connectivity index (χ1) is 8.72. The maximum absolute atomic E-state index is 5.56. The molecule has 102 valence electrons. The topological polar surface area (TPSA) is 30.5 Å². The van der Waals surface area contributed by atoms with E-state index in [1.807, 2.05) is 13.0 Å². The second-order valence-corrected chi connectivity index (χ2v) is 4.39. The van der Waals surface area contributed by atoms with Crippen LogP contribution < -0.4 is 10.1 Å². The molecule has 0 amide bonds. The van der Waals surface area contributed by atoms with E-state index < -0.39 is 0 Å². The van der Waals surface area contributed by atoms with Crippen LogP contribution in [0.3, 0.4) is 0 Å². The Morgan fingerprint density at radius 2 is 2.06 bits per heavy atom. The van der Waals surface area contributed by atoms with Crippen LogP contribution in [0.25, 0.3) is 0 Å². The Balaban J connectivity index is 2.82. The van der Waals surface area contributed by atoms with Gasteiger partial charge in [-0.1, -0.05) is 13.0 Å². The summed E-state index contributed by atoms with van der Waals surface area (Å²) in [6, 6.07) is 6.47. The molecule has 0 aromatic heterocycles. The van der Waals surface area contributed by atoms with E-state index in [1.54, 1.807) is 7.11 Å². The van der Waals surface area contributed by atoms with Gasteiger partial charge in [0.15, 0.2) is 0 Å². The van der Waals surface area contributed by atoms with Crippen LogP contribution in [0.4, 0.5) is 0 Å². The molecule has 0 saturated carbocycles. The molecule has 0 aliphatic carbocycles. The number of hydrogen-bond donors (Lipinski definition) is 1. The lowest BCUT2D eigenvalue weighted by molar-refractivity contribution is 0.123. The number of benzene rings is 1. The van der Waals surface area contributed by atoms with Crippen molar-refractivity contribution < 1.29 is 9.47 Å². The molecule has 1 rings (SSSR count). The zero-order chi connectivity index (χ0) is 13.4. The summed E-state index contributed by atoms with van der Waals surface area (Å²) in [6.45, 7) is 8.78. The van der Waals surface area contributed by atoms with Gasteiger partial charge in [0.25, 0.3) is 0 Å². The third-order valence-electron chi connectivity index (χ3n) is 2.98. The maximum Gasteiger partial charge on any atom is 0.119 e. The molecule has 0 saturated heterocycles. The standard InChI is InChI=1S/C15H25NO2/c1-5-9-16-15(11-18-6-2)14-8-7-13(17-4)10-12(14)3/h7-8,10,15-16H,5-6,9,11H2,1-4H3. The van der Waals surface area contributed by atoms with Gasteiger partial charge < -0.3 is 14.8 Å². The van der Waals surface area contributed by atoms with Gasteiger partial charge in [0, 0.05) is 6.61 Å². The van der Waals surface area contributed by atoms with Crippen LogP contribution in [0.5, 0.6) is 5.75 Å². The number of aryl methyl sites for hydroxylation is 1. The fraction of sp³-hybridized carbons (Fsp3) is 0.600. The van der Waals surface area contributed by atoms with Crippen molar-refractivity contribution in [3.63, 3.8) is 0 Å². The molecule has 3 heteroatoms. The van der Waals surface area contributed by atoms with Crippen molar-refractivity contribution in [3.8, 4) is 5.75 Å². The van der Waals surface area contributed by atoms with Crippen molar-refractivity contribution >= 4 is 0 Å². The average molecular weight is 251 g/mol. The van der Waals surface area contributed by atoms with E-state index in [0.717, 1.165) is 25.3 Å². The van der Waals surface area contributed by atoms with E-state index in [-0.39, 0.29) is 6.04 Å². The molecule has 1 N–H and O–H groups in total. The molecular formula is C15H25NO2. The first-order valence-corrected chi connectivity index (χ1v) is 6.68. The van der Waals surface area contributed by atoms with Crippen LogP contribution >= 0.6 is 0 Å². The van der Waals surface area contributed by atoms with Crippen molar-refractivity contribution in [3.05, 3.63) is 29.3 Å². The highest BCUT2D eigenvalue weighted by atomic mass is 16.5. The van der Waals surface area contributed by atoms with Gasteiger partial charge in [-0.15, -0.1) is 0 Å². The predicted molar refractivity (Wildman–Crippen MR) is 75.3 cm³/mol. The van der Waals surface area contributed by atoms with Crippen LogP contribution in [-0.4, -0.2) is 26.9 Å². The summed E-state index contributed by atoms with van der Waals surface area (Å²) in [5.41, 5.74) is 2.53. The summed E-state index contributed by atoms with van der Waals surface area (Å²) >= 11 is 0. The second kappa shape index (κ2) is 8.11. The number of ether oxygens (including phenoxy) is 2. The summed E-state index contributed by atoms with van der Waals surface area (Å²) in [5, 5.41) is 3.53. The minimum Gasteiger partial charge on any atom is -0.497 e. The molecule has 18 heavy (non-hydrogen) atoms. The molecule has 0 bridgehead atoms. The highest BCUT2D eigenvalue weighted by Gasteiger charge is 2.13. The Kier molecular flexibility index (Phi) is 6.76. The van der Waals surface area contributed by atoms with Crippen molar-refractivity contribution in [2.24, 2.45) is 0 Å². The molecule has 0 heterocycles. The van der Waals surface area contributed by atoms with Crippen molar-refractivity contribution in [2.45, 2.75) is 33.2 Å². The molecule has 3 nitrogen and oxygen atoms in total. The normalized spacial score (nSPS) is 12.4. The first-order valence-electron chi connectivity index (χ1n) is 6.68. The minimum atomic E-state index is 0.260. The van der Waals surface area contributed by atoms with Crippen molar-refractivity contribution in [2.75, 3.05) is 26.9 Å². The van der Waals surface area contributed by atoms with E-state index in [9.17, 15) is 0 Å². The number of nitrogens with one attached hydrogen (secondary N) is 1. The fourth-order valence-electron chi connectivity index (χ4n) is 1.98. The molecule has 1 unspecified atom stereocenters. The Bertz CT molecular complexity index is 344. The lowest BCUT2D eigenvalue weighted by Crippen LogP contribution is -2.27. The molecule has 1 aromatic rings. The minimum absolute atomic E-state index is 0.260. The fourth-order valence-corrected chi connectivity index (χ4v) is 1.98. The van der Waals surface area contributed by atoms with Crippen molar-refractivity contribution in [1.82, 2.24) is 5.32 Å². The zero-order valence-corrected chi connectivity index (χ0v) is 12.0. The van der Waals surface area contributed by atoms with Gasteiger partial charge in [-0.3, -0.25) is 0 Å². The van der Waals surface area contributed by atoms with Gasteiger partial charge >= 0.3 is 0 Å². The largest absolute Gasteiger partial charge is 0.497 e. The predicted octanol–water partition coefficient (Wildman–Crippen LogP) is 3.08. The van der Waals surface area contributed by atoms with Crippen LogP contribution in [0.1, 0.15) is 37.4 Å². The quantitative estimate of drug-likeness (QED) is 0.770. The van der Waals surface area contributed by atoms with Crippen LogP contribution in [0.2, 0.25) is 0 Å². The Hall–Kier alpha value is -1.06. The molecule has 1 atom stereocenters. The molecule has 0 aliphatic heterocycles. The lowest BCUT2D eigenvalue weighted by atomic mass is 10.0. The first kappa shape index (κ1) is 15.0. The number of rotatable bonds is 8. The van der Waals surface area contributed by atoms with Gasteiger partial charge in [-0.25, -0.2) is 0 Å². The highest BCUT2D eigenvalue weighted by Crippen LogP contribution is 2.23. The van der Waals surface area contributed by atoms with Gasteiger partial charge in [0.05, 0.1) is 19.8 Å². The Morgan fingerprint density at radius 1 is 1.28 bits per heavy atom. The van der Waals surface area contributed by atoms with E-state index in [2.05, 4.69) is 31.3 Å². The molecule has 0 aliphatic rings. The van der Waals surface area contributed by atoms with Gasteiger partial charge in [0.1, 0.15) is 5.75 Å². The van der Waals surface area contributed by atoms with Crippen LogP contribution in [0.15, 0.2) is 18.2 Å². The molecular weight excluding hydrogens is 226 g/mol. The Labute approximate surface area is 110 Å². The molecule has 0 fully saturated rings. The SMILES string of the molecule is CCCNC(COCC)c1ccc(OC)cc1C. The average Bonchev–Trinajstić information content (AvgIpc) is 2.39. The van der Waals surface area contributed by atoms with E-state index in [1.165, 1.54) is 11.1 Å². The van der Waals surface area contributed by atoms with Gasteiger partial charge in [-0.2, -0.15) is 0 Å². The summed E-state index contributed by atoms with van der Waals surface area (Å²) in [7, 11) is 1.70. The monoisotopic (exact) mass is 251 g/mol. The van der Waals surface area contributed by atoms with E-state index >= 15 is 0 Å². The summed E-state index contributed by atoms with van der Waals surface area (Å²) < 4.78 is 10.8. The lowest BCUT2D eigenvalue weighted by Gasteiger charge is -2.21. The molecule has 1 aromatic carbocycles. The van der Waals surface area contributed by atoms with E-state index in [0.29, 0.717) is 6.61 Å². The van der Waals surface area contributed by atoms with Gasteiger partial charge in [0.2, 0.25) is 0 Å². The summed E-state index contributed by atoms with van der Waals surface area (Å²) in [5.74, 6) is 0.905. The molecule has 0 spiro atoms. The van der Waals surface area contributed by atoms with Crippen LogP contribution in [-0.2, 0) is 4.74 Å². The second-order valence-electron chi connectivity index (χ2n) is 4.39. The van der Waals surface area contributed by atoms with E-state index in [4.69, 9.17) is 9.47 Å². The zero-order valence-electron chi connectivity index (χ0n) is 12.0. The van der Waals surface area contributed by atoms with Crippen molar-refractivity contribution in [1.29, 1.82) is 0 Å². The highest BCUT2D eigenvalue weighted by molar-refractivity contribution is 5.36. The molecule has 0 radical (unpaired) electrons. The Morgan fingerprint density at radius 3 is 2.61 bits per heavy atom. The third kappa shape index (κ3) is 4.31. The number of hydrogen-bond acceptors (Lipinski definition) is 3. The van der Waals surface area contributed by atoms with Crippen LogP contribution in [0, 0.1) is 6.92 Å². The third-order valence-corrected chi connectivity index (χ3v) is 2.98. The van der Waals surface area contributed by atoms with Gasteiger partial charge in [-0.05, 0) is 50.1 Å². The summed E-state index contributed by atoms with van der Waals surface area (Å²) in [6.07, 6.45) is 1.12. The smallest absolute Gasteiger partial charge is 0.119 e. The summed E-state index contributed by atoms with van der Waals surface area (Å²) in [4.78, 5) is 0.